The van der Waals surface area contributed by atoms with Gasteiger partial charge < -0.3 is 5.11 Å². The third kappa shape index (κ3) is 1.78. The summed E-state index contributed by atoms with van der Waals surface area (Å²) in [5, 5.41) is 9.96. The fraction of sp³-hybridized carbons (Fsp3) is 0.895. The average Bonchev–Trinajstić information content (AvgIpc) is 2.74. The summed E-state index contributed by atoms with van der Waals surface area (Å²) in [6.45, 7) is 6.92. The van der Waals surface area contributed by atoms with Crippen molar-refractivity contribution in [2.24, 2.45) is 35.0 Å². The summed E-state index contributed by atoms with van der Waals surface area (Å²) in [7, 11) is 0. The molecule has 1 nitrogen and oxygen atoms in total. The summed E-state index contributed by atoms with van der Waals surface area (Å²) in [6, 6.07) is 0. The molecule has 0 heterocycles. The Balaban J connectivity index is 1.58. The van der Waals surface area contributed by atoms with Crippen molar-refractivity contribution in [3.63, 3.8) is 0 Å². The maximum absolute atomic E-state index is 9.96. The van der Waals surface area contributed by atoms with Crippen LogP contribution >= 0.6 is 0 Å². The Morgan fingerprint density at radius 3 is 2.65 bits per heavy atom. The van der Waals surface area contributed by atoms with Crippen molar-refractivity contribution in [2.75, 3.05) is 0 Å². The van der Waals surface area contributed by atoms with Crippen molar-refractivity contribution in [1.82, 2.24) is 0 Å². The summed E-state index contributed by atoms with van der Waals surface area (Å²) < 4.78 is 0. The van der Waals surface area contributed by atoms with E-state index in [0.29, 0.717) is 5.41 Å². The van der Waals surface area contributed by atoms with Crippen molar-refractivity contribution >= 4 is 0 Å². The number of aliphatic hydroxyl groups excluding tert-OH is 1. The fourth-order valence-corrected chi connectivity index (χ4v) is 6.74. The van der Waals surface area contributed by atoms with E-state index in [0.717, 1.165) is 42.4 Å². The van der Waals surface area contributed by atoms with Crippen molar-refractivity contribution in [3.8, 4) is 0 Å². The topological polar surface area (TPSA) is 20.2 Å². The maximum Gasteiger partial charge on any atom is 0.0543 e. The first-order valence-electron chi connectivity index (χ1n) is 8.96. The van der Waals surface area contributed by atoms with Gasteiger partial charge in [0.05, 0.1) is 6.10 Å². The van der Waals surface area contributed by atoms with Crippen LogP contribution in [0.1, 0.15) is 64.7 Å². The third-order valence-electron chi connectivity index (χ3n) is 7.88. The van der Waals surface area contributed by atoms with Gasteiger partial charge in [-0.2, -0.15) is 0 Å². The predicted molar refractivity (Wildman–Crippen MR) is 82.3 cm³/mol. The maximum atomic E-state index is 9.96. The number of fused-ring (bicyclic) bond motifs is 5. The monoisotopic (exact) mass is 274 g/mol. The average molecular weight is 274 g/mol. The molecule has 0 aromatic heterocycles. The van der Waals surface area contributed by atoms with Gasteiger partial charge in [-0.3, -0.25) is 0 Å². The lowest BCUT2D eigenvalue weighted by atomic mass is 9.50. The molecule has 4 fully saturated rings. The molecule has 4 aliphatic rings. The molecule has 0 bridgehead atoms. The summed E-state index contributed by atoms with van der Waals surface area (Å²) in [5.41, 5.74) is 2.03. The van der Waals surface area contributed by atoms with Gasteiger partial charge in [-0.05, 0) is 92.8 Å². The van der Waals surface area contributed by atoms with Crippen LogP contribution in [0, 0.1) is 35.0 Å². The van der Waals surface area contributed by atoms with Gasteiger partial charge in [-0.25, -0.2) is 0 Å². The van der Waals surface area contributed by atoms with E-state index in [1.54, 1.807) is 5.57 Å². The first-order valence-corrected chi connectivity index (χ1v) is 8.96. The molecule has 0 aliphatic heterocycles. The molecular weight excluding hydrogens is 244 g/mol. The van der Waals surface area contributed by atoms with E-state index >= 15 is 0 Å². The van der Waals surface area contributed by atoms with Crippen molar-refractivity contribution in [3.05, 3.63) is 12.2 Å². The molecule has 0 amide bonds. The van der Waals surface area contributed by atoms with Crippen LogP contribution in [0.3, 0.4) is 0 Å². The van der Waals surface area contributed by atoms with Gasteiger partial charge in [-0.1, -0.05) is 19.1 Å². The SMILES string of the molecule is C=C1CC[C@H]2[C@@H]3CC[C@@H]4CC(O)CC[C@@H]4[C@H]3CC[C@]12C. The molecule has 1 N–H and O–H groups in total. The van der Waals surface area contributed by atoms with Crippen LogP contribution in [0.2, 0.25) is 0 Å². The molecule has 0 saturated heterocycles. The summed E-state index contributed by atoms with van der Waals surface area (Å²) in [5.74, 6) is 4.67. The van der Waals surface area contributed by atoms with Crippen LogP contribution < -0.4 is 0 Å². The van der Waals surface area contributed by atoms with Crippen LogP contribution in [0.5, 0.6) is 0 Å². The molecule has 4 saturated carbocycles. The Hall–Kier alpha value is -0.300. The Morgan fingerprint density at radius 1 is 1.00 bits per heavy atom. The molecule has 0 spiro atoms. The minimum Gasteiger partial charge on any atom is -0.393 e. The standard InChI is InChI=1S/C19H30O/c1-12-3-8-18-17-6-4-13-11-14(20)5-7-15(13)16(17)9-10-19(12,18)2/h13-18,20H,1,3-11H2,2H3/t13-,14?,15+,16-,17-,18+,19-/m1/s1. The first kappa shape index (κ1) is 13.4. The normalized spacial score (nSPS) is 55.0. The van der Waals surface area contributed by atoms with Gasteiger partial charge in [0.25, 0.3) is 0 Å². The smallest absolute Gasteiger partial charge is 0.0543 e. The highest BCUT2D eigenvalue weighted by Gasteiger charge is 2.54. The number of rotatable bonds is 0. The Bertz CT molecular complexity index is 414. The van der Waals surface area contributed by atoms with Gasteiger partial charge >= 0.3 is 0 Å². The Kier molecular flexibility index (Phi) is 3.07. The van der Waals surface area contributed by atoms with Crippen LogP contribution in [0.25, 0.3) is 0 Å². The third-order valence-corrected chi connectivity index (χ3v) is 7.88. The van der Waals surface area contributed by atoms with E-state index in [9.17, 15) is 5.11 Å². The molecule has 112 valence electrons. The van der Waals surface area contributed by atoms with Crippen molar-refractivity contribution < 1.29 is 5.11 Å². The van der Waals surface area contributed by atoms with Gasteiger partial charge in [-0.15, -0.1) is 0 Å². The molecule has 20 heavy (non-hydrogen) atoms. The predicted octanol–water partition coefficient (Wildman–Crippen LogP) is 4.56. The number of aliphatic hydroxyl groups is 1. The van der Waals surface area contributed by atoms with Gasteiger partial charge in [0.15, 0.2) is 0 Å². The zero-order chi connectivity index (χ0) is 13.9. The summed E-state index contributed by atoms with van der Waals surface area (Å²) in [4.78, 5) is 0. The van der Waals surface area contributed by atoms with Crippen LogP contribution in [0.4, 0.5) is 0 Å². The lowest BCUT2D eigenvalue weighted by molar-refractivity contribution is -0.0610. The quantitative estimate of drug-likeness (QED) is 0.642. The Morgan fingerprint density at radius 2 is 1.80 bits per heavy atom. The van der Waals surface area contributed by atoms with Crippen molar-refractivity contribution in [2.45, 2.75) is 70.8 Å². The number of allylic oxidation sites excluding steroid dienone is 1. The lowest BCUT2D eigenvalue weighted by Crippen LogP contribution is -2.47. The molecule has 0 aromatic rings. The molecule has 4 aliphatic carbocycles. The zero-order valence-corrected chi connectivity index (χ0v) is 13.0. The van der Waals surface area contributed by atoms with E-state index in [4.69, 9.17) is 0 Å². The number of hydrogen-bond donors (Lipinski definition) is 1. The fourth-order valence-electron chi connectivity index (χ4n) is 6.74. The summed E-state index contributed by atoms with van der Waals surface area (Å²) >= 11 is 0. The first-order chi connectivity index (χ1) is 9.59. The van der Waals surface area contributed by atoms with E-state index in [-0.39, 0.29) is 6.10 Å². The highest BCUT2D eigenvalue weighted by Crippen LogP contribution is 2.63. The lowest BCUT2D eigenvalue weighted by Gasteiger charge is -2.55. The number of hydrogen-bond acceptors (Lipinski definition) is 1. The zero-order valence-electron chi connectivity index (χ0n) is 13.0. The molecule has 7 atom stereocenters. The largest absolute Gasteiger partial charge is 0.393 e. The van der Waals surface area contributed by atoms with E-state index in [2.05, 4.69) is 13.5 Å². The van der Waals surface area contributed by atoms with E-state index < -0.39 is 0 Å². The second-order valence-corrected chi connectivity index (χ2v) is 8.50. The molecule has 1 heteroatoms. The van der Waals surface area contributed by atoms with Crippen LogP contribution in [-0.2, 0) is 0 Å². The van der Waals surface area contributed by atoms with Crippen molar-refractivity contribution in [1.29, 1.82) is 0 Å². The van der Waals surface area contributed by atoms with Gasteiger partial charge in [0.2, 0.25) is 0 Å². The minimum absolute atomic E-state index is 0.00733. The van der Waals surface area contributed by atoms with Crippen LogP contribution in [0.15, 0.2) is 12.2 Å². The second-order valence-electron chi connectivity index (χ2n) is 8.50. The molecular formula is C19H30O. The minimum atomic E-state index is 0.00733. The van der Waals surface area contributed by atoms with Crippen LogP contribution in [-0.4, -0.2) is 11.2 Å². The highest BCUT2D eigenvalue weighted by molar-refractivity contribution is 5.20. The molecule has 1 unspecified atom stereocenters. The summed E-state index contributed by atoms with van der Waals surface area (Å²) in [6.07, 6.45) is 11.8. The molecule has 4 rings (SSSR count). The molecule has 0 radical (unpaired) electrons. The highest BCUT2D eigenvalue weighted by atomic mass is 16.3. The van der Waals surface area contributed by atoms with E-state index in [1.807, 2.05) is 0 Å². The van der Waals surface area contributed by atoms with Gasteiger partial charge in [0, 0.05) is 0 Å². The molecule has 0 aromatic carbocycles. The van der Waals surface area contributed by atoms with Gasteiger partial charge in [0.1, 0.15) is 0 Å². The second kappa shape index (κ2) is 4.60. The Labute approximate surface area is 123 Å². The van der Waals surface area contributed by atoms with E-state index in [1.165, 1.54) is 44.9 Å².